The normalized spacial score (nSPS) is 34.3. The fraction of sp³-hybridized carbons (Fsp3) is 0.455. The predicted octanol–water partition coefficient (Wildman–Crippen LogP) is 1.49. The number of halogens is 1. The smallest absolute Gasteiger partial charge is 0.146 e. The minimum atomic E-state index is -0.825. The number of pyridine rings is 1. The Hall–Kier alpha value is -1.47. The summed E-state index contributed by atoms with van der Waals surface area (Å²) in [7, 11) is 0. The Morgan fingerprint density at radius 1 is 1.60 bits per heavy atom. The standard InChI is InChI=1S/C11H12FN3/c1-10(14)5-11(6-10,7-13)9-8(12)3-2-4-15-9/h2-4H,5-6,14H2,1H3. The highest BCUT2D eigenvalue weighted by molar-refractivity contribution is 5.35. The van der Waals surface area contributed by atoms with Gasteiger partial charge in [-0.2, -0.15) is 5.26 Å². The van der Waals surface area contributed by atoms with E-state index in [-0.39, 0.29) is 11.2 Å². The van der Waals surface area contributed by atoms with E-state index in [1.807, 2.05) is 6.92 Å². The van der Waals surface area contributed by atoms with E-state index < -0.39 is 11.2 Å². The summed E-state index contributed by atoms with van der Waals surface area (Å²) in [4.78, 5) is 3.96. The third-order valence-corrected chi connectivity index (χ3v) is 2.84. The Bertz CT molecular complexity index is 426. The van der Waals surface area contributed by atoms with Crippen molar-refractivity contribution in [1.29, 1.82) is 5.26 Å². The van der Waals surface area contributed by atoms with Crippen LogP contribution in [0.15, 0.2) is 18.3 Å². The summed E-state index contributed by atoms with van der Waals surface area (Å²) < 4.78 is 13.5. The molecule has 1 aromatic rings. The van der Waals surface area contributed by atoms with E-state index in [1.54, 1.807) is 0 Å². The fourth-order valence-electron chi connectivity index (χ4n) is 2.36. The van der Waals surface area contributed by atoms with Crippen LogP contribution in [-0.4, -0.2) is 10.5 Å². The third-order valence-electron chi connectivity index (χ3n) is 2.84. The molecule has 0 atom stereocenters. The number of nitrogens with two attached hydrogens (primary N) is 1. The molecular weight excluding hydrogens is 193 g/mol. The van der Waals surface area contributed by atoms with Crippen molar-refractivity contribution in [2.45, 2.75) is 30.7 Å². The molecule has 15 heavy (non-hydrogen) atoms. The van der Waals surface area contributed by atoms with Crippen molar-refractivity contribution in [3.05, 3.63) is 29.8 Å². The van der Waals surface area contributed by atoms with Crippen LogP contribution in [0.5, 0.6) is 0 Å². The van der Waals surface area contributed by atoms with Crippen LogP contribution in [0.2, 0.25) is 0 Å². The highest BCUT2D eigenvalue weighted by Gasteiger charge is 2.53. The number of hydrogen-bond donors (Lipinski definition) is 1. The summed E-state index contributed by atoms with van der Waals surface area (Å²) in [5.74, 6) is -0.422. The Kier molecular flexibility index (Phi) is 2.02. The first-order valence-corrected chi connectivity index (χ1v) is 4.80. The lowest BCUT2D eigenvalue weighted by Gasteiger charge is -2.47. The second kappa shape index (κ2) is 3.01. The van der Waals surface area contributed by atoms with Gasteiger partial charge in [0.25, 0.3) is 0 Å². The summed E-state index contributed by atoms with van der Waals surface area (Å²) in [6.07, 6.45) is 2.43. The van der Waals surface area contributed by atoms with Gasteiger partial charge in [0.15, 0.2) is 0 Å². The first-order valence-electron chi connectivity index (χ1n) is 4.80. The lowest BCUT2D eigenvalue weighted by molar-refractivity contribution is 0.162. The Morgan fingerprint density at radius 2 is 2.27 bits per heavy atom. The van der Waals surface area contributed by atoms with Gasteiger partial charge >= 0.3 is 0 Å². The van der Waals surface area contributed by atoms with E-state index in [0.29, 0.717) is 12.8 Å². The van der Waals surface area contributed by atoms with Gasteiger partial charge in [0.2, 0.25) is 0 Å². The topological polar surface area (TPSA) is 62.7 Å². The number of hydrogen-bond acceptors (Lipinski definition) is 3. The summed E-state index contributed by atoms with van der Waals surface area (Å²) >= 11 is 0. The summed E-state index contributed by atoms with van der Waals surface area (Å²) in [5, 5.41) is 9.13. The van der Waals surface area contributed by atoms with Crippen LogP contribution in [0.3, 0.4) is 0 Å². The Labute approximate surface area is 87.7 Å². The SMILES string of the molecule is CC1(N)CC(C#N)(c2ncccc2F)C1. The average Bonchev–Trinajstić information content (AvgIpc) is 2.14. The molecule has 1 saturated carbocycles. The third kappa shape index (κ3) is 1.49. The Morgan fingerprint density at radius 3 is 2.73 bits per heavy atom. The maximum Gasteiger partial charge on any atom is 0.146 e. The molecular formula is C11H12FN3. The first-order chi connectivity index (χ1) is 6.99. The largest absolute Gasteiger partial charge is 0.325 e. The van der Waals surface area contributed by atoms with Gasteiger partial charge in [0, 0.05) is 11.7 Å². The molecule has 0 aliphatic heterocycles. The molecule has 2 N–H and O–H groups in total. The van der Waals surface area contributed by atoms with Crippen LogP contribution >= 0.6 is 0 Å². The molecule has 1 aliphatic carbocycles. The van der Waals surface area contributed by atoms with E-state index in [2.05, 4.69) is 11.1 Å². The number of rotatable bonds is 1. The number of aromatic nitrogens is 1. The van der Waals surface area contributed by atoms with Crippen molar-refractivity contribution < 1.29 is 4.39 Å². The summed E-state index contributed by atoms with van der Waals surface area (Å²) in [5.41, 5.74) is 4.89. The molecule has 1 fully saturated rings. The molecule has 3 nitrogen and oxygen atoms in total. The number of nitrogens with zero attached hydrogens (tertiary/aromatic N) is 2. The van der Waals surface area contributed by atoms with Crippen LogP contribution < -0.4 is 5.73 Å². The summed E-state index contributed by atoms with van der Waals surface area (Å²) in [6.45, 7) is 1.86. The summed E-state index contributed by atoms with van der Waals surface area (Å²) in [6, 6.07) is 4.99. The van der Waals surface area contributed by atoms with E-state index in [0.717, 1.165) is 0 Å². The molecule has 2 rings (SSSR count). The van der Waals surface area contributed by atoms with Crippen LogP contribution in [-0.2, 0) is 5.41 Å². The molecule has 0 radical (unpaired) electrons. The lowest BCUT2D eigenvalue weighted by Crippen LogP contribution is -2.58. The van der Waals surface area contributed by atoms with Gasteiger partial charge in [-0.15, -0.1) is 0 Å². The molecule has 0 saturated heterocycles. The molecule has 0 spiro atoms. The molecule has 1 heterocycles. The van der Waals surface area contributed by atoms with Crippen molar-refractivity contribution >= 4 is 0 Å². The van der Waals surface area contributed by atoms with Gasteiger partial charge in [-0.25, -0.2) is 4.39 Å². The van der Waals surface area contributed by atoms with Crippen molar-refractivity contribution in [3.8, 4) is 6.07 Å². The molecule has 78 valence electrons. The first kappa shape index (κ1) is 10.1. The quantitative estimate of drug-likeness (QED) is 0.755. The second-order valence-corrected chi connectivity index (χ2v) is 4.54. The zero-order valence-corrected chi connectivity index (χ0v) is 8.50. The van der Waals surface area contributed by atoms with Gasteiger partial charge in [-0.05, 0) is 31.9 Å². The van der Waals surface area contributed by atoms with Gasteiger partial charge in [-0.1, -0.05) is 0 Å². The van der Waals surface area contributed by atoms with Crippen LogP contribution in [0.25, 0.3) is 0 Å². The van der Waals surface area contributed by atoms with Crippen molar-refractivity contribution in [3.63, 3.8) is 0 Å². The zero-order chi connectivity index (χ0) is 11.1. The average molecular weight is 205 g/mol. The van der Waals surface area contributed by atoms with E-state index in [9.17, 15) is 4.39 Å². The molecule has 0 unspecified atom stereocenters. The molecule has 0 amide bonds. The molecule has 1 aromatic heterocycles. The monoisotopic (exact) mass is 205 g/mol. The van der Waals surface area contributed by atoms with E-state index in [1.165, 1.54) is 18.3 Å². The zero-order valence-electron chi connectivity index (χ0n) is 8.50. The second-order valence-electron chi connectivity index (χ2n) is 4.54. The highest BCUT2D eigenvalue weighted by Crippen LogP contribution is 2.48. The van der Waals surface area contributed by atoms with Gasteiger partial charge in [-0.3, -0.25) is 4.98 Å². The van der Waals surface area contributed by atoms with E-state index in [4.69, 9.17) is 11.0 Å². The molecule has 4 heteroatoms. The molecule has 0 aromatic carbocycles. The van der Waals surface area contributed by atoms with Crippen molar-refractivity contribution in [1.82, 2.24) is 4.98 Å². The van der Waals surface area contributed by atoms with Crippen molar-refractivity contribution in [2.24, 2.45) is 5.73 Å². The van der Waals surface area contributed by atoms with Crippen molar-refractivity contribution in [2.75, 3.05) is 0 Å². The Balaban J connectivity index is 2.39. The number of nitriles is 1. The fourth-order valence-corrected chi connectivity index (χ4v) is 2.36. The van der Waals surface area contributed by atoms with Gasteiger partial charge in [0.05, 0.1) is 11.8 Å². The predicted molar refractivity (Wildman–Crippen MR) is 53.3 cm³/mol. The van der Waals surface area contributed by atoms with E-state index >= 15 is 0 Å². The minimum Gasteiger partial charge on any atom is -0.325 e. The van der Waals surface area contributed by atoms with Gasteiger partial charge in [0.1, 0.15) is 11.2 Å². The maximum atomic E-state index is 13.5. The van der Waals surface area contributed by atoms with Crippen LogP contribution in [0, 0.1) is 17.1 Å². The molecule has 1 aliphatic rings. The highest BCUT2D eigenvalue weighted by atomic mass is 19.1. The lowest BCUT2D eigenvalue weighted by atomic mass is 9.57. The maximum absolute atomic E-state index is 13.5. The van der Waals surface area contributed by atoms with Crippen LogP contribution in [0.1, 0.15) is 25.5 Å². The van der Waals surface area contributed by atoms with Gasteiger partial charge < -0.3 is 5.73 Å². The minimum absolute atomic E-state index is 0.232. The molecule has 0 bridgehead atoms. The van der Waals surface area contributed by atoms with Crippen LogP contribution in [0.4, 0.5) is 4.39 Å².